The third-order valence-electron chi connectivity index (χ3n) is 3.30. The van der Waals surface area contributed by atoms with E-state index in [9.17, 15) is 9.90 Å². The molecular weight excluding hydrogens is 298 g/mol. The number of thioether (sulfide) groups is 1. The van der Waals surface area contributed by atoms with Crippen molar-refractivity contribution in [2.24, 2.45) is 0 Å². The number of amides is 1. The van der Waals surface area contributed by atoms with Crippen LogP contribution in [0.15, 0.2) is 47.1 Å². The van der Waals surface area contributed by atoms with Gasteiger partial charge in [-0.15, -0.1) is 11.8 Å². The van der Waals surface area contributed by atoms with E-state index in [1.165, 1.54) is 17.4 Å². The maximum Gasteiger partial charge on any atom is 0.230 e. The number of hydrogen-bond acceptors (Lipinski definition) is 4. The smallest absolute Gasteiger partial charge is 0.230 e. The maximum absolute atomic E-state index is 11.8. The molecule has 2 aromatic rings. The summed E-state index contributed by atoms with van der Waals surface area (Å²) in [5, 5.41) is 13.0. The molecule has 0 aliphatic heterocycles. The van der Waals surface area contributed by atoms with E-state index in [1.54, 1.807) is 30.8 Å². The third-order valence-corrected chi connectivity index (χ3v) is 4.31. The fourth-order valence-electron chi connectivity index (χ4n) is 1.94. The van der Waals surface area contributed by atoms with Crippen molar-refractivity contribution in [1.29, 1.82) is 0 Å². The van der Waals surface area contributed by atoms with E-state index in [-0.39, 0.29) is 12.5 Å². The molecule has 1 aromatic carbocycles. The van der Waals surface area contributed by atoms with Gasteiger partial charge in [-0.25, -0.2) is 0 Å². The topological polar surface area (TPSA) is 62.5 Å². The van der Waals surface area contributed by atoms with Gasteiger partial charge in [0.1, 0.15) is 11.4 Å². The first-order chi connectivity index (χ1) is 10.5. The summed E-state index contributed by atoms with van der Waals surface area (Å²) in [5.74, 6) is 1.51. The van der Waals surface area contributed by atoms with E-state index in [0.717, 1.165) is 5.75 Å². The van der Waals surface area contributed by atoms with Crippen LogP contribution in [0.4, 0.5) is 0 Å². The molecule has 0 radical (unpaired) electrons. The number of hydrogen-bond donors (Lipinski definition) is 2. The SMILES string of the molecule is Cc1ccc(CSCC(=O)NCC(C)(O)c2ccco2)cc1. The van der Waals surface area contributed by atoms with Crippen molar-refractivity contribution in [3.05, 3.63) is 59.5 Å². The number of aryl methyl sites for hydroxylation is 1. The Labute approximate surface area is 134 Å². The lowest BCUT2D eigenvalue weighted by molar-refractivity contribution is -0.119. The molecule has 2 rings (SSSR count). The second-order valence-corrected chi connectivity index (χ2v) is 6.49. The van der Waals surface area contributed by atoms with Crippen LogP contribution in [0.5, 0.6) is 0 Å². The molecule has 0 aliphatic carbocycles. The molecule has 1 heterocycles. The first-order valence-electron chi connectivity index (χ1n) is 7.14. The fourth-order valence-corrected chi connectivity index (χ4v) is 2.76. The predicted octanol–water partition coefficient (Wildman–Crippen LogP) is 2.85. The molecule has 2 N–H and O–H groups in total. The number of carbonyl (C=O) groups excluding carboxylic acids is 1. The van der Waals surface area contributed by atoms with Crippen LogP contribution in [0, 0.1) is 6.92 Å². The number of nitrogens with one attached hydrogen (secondary N) is 1. The molecule has 0 fully saturated rings. The summed E-state index contributed by atoms with van der Waals surface area (Å²) in [6.07, 6.45) is 1.50. The van der Waals surface area contributed by atoms with Crippen molar-refractivity contribution in [2.45, 2.75) is 25.2 Å². The van der Waals surface area contributed by atoms with Crippen molar-refractivity contribution in [2.75, 3.05) is 12.3 Å². The summed E-state index contributed by atoms with van der Waals surface area (Å²) >= 11 is 1.55. The second-order valence-electron chi connectivity index (χ2n) is 5.51. The summed E-state index contributed by atoms with van der Waals surface area (Å²) in [6.45, 7) is 3.80. The number of benzene rings is 1. The van der Waals surface area contributed by atoms with Crippen LogP contribution in [0.3, 0.4) is 0 Å². The number of rotatable bonds is 7. The van der Waals surface area contributed by atoms with Gasteiger partial charge in [0.25, 0.3) is 0 Å². The Morgan fingerprint density at radius 3 is 2.68 bits per heavy atom. The summed E-state index contributed by atoms with van der Waals surface area (Å²) in [5.41, 5.74) is 1.23. The molecule has 0 saturated heterocycles. The van der Waals surface area contributed by atoms with Crippen molar-refractivity contribution in [3.8, 4) is 0 Å². The molecule has 0 saturated carbocycles. The molecule has 4 nitrogen and oxygen atoms in total. The molecule has 1 amide bonds. The molecule has 5 heteroatoms. The highest BCUT2D eigenvalue weighted by Crippen LogP contribution is 2.20. The van der Waals surface area contributed by atoms with Crippen LogP contribution < -0.4 is 5.32 Å². The van der Waals surface area contributed by atoms with Crippen molar-refractivity contribution < 1.29 is 14.3 Å². The largest absolute Gasteiger partial charge is 0.466 e. The Morgan fingerprint density at radius 2 is 2.05 bits per heavy atom. The summed E-state index contributed by atoms with van der Waals surface area (Å²) in [4.78, 5) is 11.8. The fraction of sp³-hybridized carbons (Fsp3) is 0.353. The van der Waals surface area contributed by atoms with Gasteiger partial charge in [-0.1, -0.05) is 29.8 Å². The minimum Gasteiger partial charge on any atom is -0.466 e. The number of carbonyl (C=O) groups is 1. The lowest BCUT2D eigenvalue weighted by atomic mass is 10.0. The van der Waals surface area contributed by atoms with Crippen LogP contribution >= 0.6 is 11.8 Å². The summed E-state index contributed by atoms with van der Waals surface area (Å²) in [7, 11) is 0. The van der Waals surface area contributed by atoms with Crippen LogP contribution in [0.25, 0.3) is 0 Å². The van der Waals surface area contributed by atoms with Crippen LogP contribution in [-0.4, -0.2) is 23.3 Å². The second kappa shape index (κ2) is 7.51. The van der Waals surface area contributed by atoms with E-state index in [0.29, 0.717) is 11.5 Å². The Balaban J connectivity index is 1.71. The molecule has 22 heavy (non-hydrogen) atoms. The van der Waals surface area contributed by atoms with Gasteiger partial charge in [0.15, 0.2) is 0 Å². The average molecular weight is 319 g/mol. The van der Waals surface area contributed by atoms with Gasteiger partial charge < -0.3 is 14.8 Å². The third kappa shape index (κ3) is 4.93. The quantitative estimate of drug-likeness (QED) is 0.824. The zero-order valence-electron chi connectivity index (χ0n) is 12.8. The first kappa shape index (κ1) is 16.6. The Kier molecular flexibility index (Phi) is 5.69. The van der Waals surface area contributed by atoms with E-state index in [1.807, 2.05) is 0 Å². The molecule has 1 unspecified atom stereocenters. The van der Waals surface area contributed by atoms with Crippen LogP contribution in [0.1, 0.15) is 23.8 Å². The van der Waals surface area contributed by atoms with E-state index < -0.39 is 5.60 Å². The first-order valence-corrected chi connectivity index (χ1v) is 8.29. The molecule has 1 aromatic heterocycles. The standard InChI is InChI=1S/C17H21NO3S/c1-13-5-7-14(8-6-13)10-22-11-16(19)18-12-17(2,20)15-4-3-9-21-15/h3-9,20H,10-12H2,1-2H3,(H,18,19). The number of furan rings is 1. The number of aliphatic hydroxyl groups is 1. The monoisotopic (exact) mass is 319 g/mol. The summed E-state index contributed by atoms with van der Waals surface area (Å²) < 4.78 is 5.17. The van der Waals surface area contributed by atoms with Gasteiger partial charge in [0, 0.05) is 5.75 Å². The molecule has 0 spiro atoms. The van der Waals surface area contributed by atoms with Gasteiger partial charge >= 0.3 is 0 Å². The van der Waals surface area contributed by atoms with Gasteiger partial charge in [0.05, 0.1) is 18.6 Å². The zero-order chi connectivity index (χ0) is 16.0. The predicted molar refractivity (Wildman–Crippen MR) is 88.6 cm³/mol. The van der Waals surface area contributed by atoms with Gasteiger partial charge in [0.2, 0.25) is 5.91 Å². The molecule has 0 bridgehead atoms. The molecule has 118 valence electrons. The highest BCUT2D eigenvalue weighted by molar-refractivity contribution is 7.99. The van der Waals surface area contributed by atoms with Crippen LogP contribution in [0.2, 0.25) is 0 Å². The van der Waals surface area contributed by atoms with Crippen molar-refractivity contribution in [3.63, 3.8) is 0 Å². The highest BCUT2D eigenvalue weighted by atomic mass is 32.2. The highest BCUT2D eigenvalue weighted by Gasteiger charge is 2.26. The zero-order valence-corrected chi connectivity index (χ0v) is 13.7. The normalized spacial score (nSPS) is 13.6. The Morgan fingerprint density at radius 1 is 1.32 bits per heavy atom. The minimum atomic E-state index is -1.19. The minimum absolute atomic E-state index is 0.0936. The summed E-state index contributed by atoms with van der Waals surface area (Å²) in [6, 6.07) is 11.7. The van der Waals surface area contributed by atoms with E-state index in [2.05, 4.69) is 36.5 Å². The lowest BCUT2D eigenvalue weighted by Gasteiger charge is -2.21. The average Bonchev–Trinajstić information content (AvgIpc) is 3.02. The van der Waals surface area contributed by atoms with Gasteiger partial charge in [-0.3, -0.25) is 4.79 Å². The maximum atomic E-state index is 11.8. The van der Waals surface area contributed by atoms with Crippen molar-refractivity contribution in [1.82, 2.24) is 5.32 Å². The van der Waals surface area contributed by atoms with Crippen molar-refractivity contribution >= 4 is 17.7 Å². The molecular formula is C17H21NO3S. The Hall–Kier alpha value is -1.72. The Bertz CT molecular complexity index is 591. The lowest BCUT2D eigenvalue weighted by Crippen LogP contribution is -2.39. The van der Waals surface area contributed by atoms with Gasteiger partial charge in [-0.05, 0) is 31.5 Å². The van der Waals surface area contributed by atoms with E-state index in [4.69, 9.17) is 4.42 Å². The van der Waals surface area contributed by atoms with Crippen LogP contribution in [-0.2, 0) is 16.1 Å². The molecule has 1 atom stereocenters. The van der Waals surface area contributed by atoms with Gasteiger partial charge in [-0.2, -0.15) is 0 Å². The molecule has 0 aliphatic rings. The van der Waals surface area contributed by atoms with E-state index >= 15 is 0 Å².